The van der Waals surface area contributed by atoms with Gasteiger partial charge in [0.15, 0.2) is 11.5 Å². The van der Waals surface area contributed by atoms with E-state index in [-0.39, 0.29) is 17.8 Å². The Balaban J connectivity index is 2.50. The molecule has 1 aromatic rings. The number of aromatic hydroxyl groups is 1. The normalized spacial score (nSPS) is 13.5. The van der Waals surface area contributed by atoms with Crippen molar-refractivity contribution in [3.8, 4) is 11.5 Å². The Morgan fingerprint density at radius 3 is 2.64 bits per heavy atom. The van der Waals surface area contributed by atoms with Crippen molar-refractivity contribution in [1.29, 1.82) is 0 Å². The summed E-state index contributed by atoms with van der Waals surface area (Å²) < 4.78 is 10.3. The third-order valence-corrected chi connectivity index (χ3v) is 3.49. The molecule has 0 heterocycles. The first kappa shape index (κ1) is 18.3. The minimum absolute atomic E-state index is 0.102. The molecular formula is C17H26O5. The number of phenols is 1. The number of hydrogen-bond acceptors (Lipinski definition) is 5. The van der Waals surface area contributed by atoms with Crippen LogP contribution in [-0.4, -0.2) is 35.5 Å². The summed E-state index contributed by atoms with van der Waals surface area (Å²) in [6, 6.07) is 5.15. The lowest BCUT2D eigenvalue weighted by Crippen LogP contribution is -2.23. The van der Waals surface area contributed by atoms with Gasteiger partial charge in [-0.2, -0.15) is 0 Å². The summed E-state index contributed by atoms with van der Waals surface area (Å²) in [6.45, 7) is 3.41. The molecule has 2 atom stereocenters. The number of esters is 1. The first-order valence-corrected chi connectivity index (χ1v) is 7.67. The van der Waals surface area contributed by atoms with Crippen LogP contribution in [0.4, 0.5) is 0 Å². The van der Waals surface area contributed by atoms with Gasteiger partial charge in [0.25, 0.3) is 0 Å². The van der Waals surface area contributed by atoms with Crippen molar-refractivity contribution in [2.24, 2.45) is 0 Å². The molecule has 0 bridgehead atoms. The predicted octanol–water partition coefficient (Wildman–Crippen LogP) is 2.82. The molecule has 124 valence electrons. The van der Waals surface area contributed by atoms with Gasteiger partial charge in [0.05, 0.1) is 13.2 Å². The monoisotopic (exact) mass is 310 g/mol. The summed E-state index contributed by atoms with van der Waals surface area (Å²) in [5.41, 5.74) is 0.980. The molecule has 0 fully saturated rings. The van der Waals surface area contributed by atoms with E-state index in [1.165, 1.54) is 14.0 Å². The van der Waals surface area contributed by atoms with Gasteiger partial charge in [-0.1, -0.05) is 19.4 Å². The van der Waals surface area contributed by atoms with Gasteiger partial charge >= 0.3 is 5.97 Å². The quantitative estimate of drug-likeness (QED) is 0.686. The molecule has 1 rings (SSSR count). The Kier molecular flexibility index (Phi) is 7.74. The lowest BCUT2D eigenvalue weighted by atomic mass is 10.0. The average molecular weight is 310 g/mol. The summed E-state index contributed by atoms with van der Waals surface area (Å²) in [7, 11) is 1.50. The van der Waals surface area contributed by atoms with Gasteiger partial charge in [0.1, 0.15) is 6.10 Å². The molecule has 0 saturated carbocycles. The number of aliphatic hydroxyl groups is 1. The Labute approximate surface area is 131 Å². The van der Waals surface area contributed by atoms with Gasteiger partial charge in [-0.25, -0.2) is 0 Å². The molecule has 0 amide bonds. The topological polar surface area (TPSA) is 76.0 Å². The second-order valence-electron chi connectivity index (χ2n) is 5.45. The van der Waals surface area contributed by atoms with Gasteiger partial charge in [0, 0.05) is 13.3 Å². The van der Waals surface area contributed by atoms with Crippen LogP contribution in [0.5, 0.6) is 11.5 Å². The van der Waals surface area contributed by atoms with Crippen molar-refractivity contribution in [2.75, 3.05) is 7.11 Å². The molecule has 0 aliphatic heterocycles. The highest BCUT2D eigenvalue weighted by Gasteiger charge is 2.16. The fraction of sp³-hybridized carbons (Fsp3) is 0.588. The smallest absolute Gasteiger partial charge is 0.302 e. The van der Waals surface area contributed by atoms with E-state index in [2.05, 4.69) is 0 Å². The van der Waals surface area contributed by atoms with E-state index in [0.29, 0.717) is 25.0 Å². The van der Waals surface area contributed by atoms with Crippen molar-refractivity contribution in [3.63, 3.8) is 0 Å². The van der Waals surface area contributed by atoms with Crippen molar-refractivity contribution >= 4 is 5.97 Å². The summed E-state index contributed by atoms with van der Waals surface area (Å²) in [5, 5.41) is 19.7. The van der Waals surface area contributed by atoms with Gasteiger partial charge in [-0.15, -0.1) is 0 Å². The van der Waals surface area contributed by atoms with Crippen LogP contribution in [0, 0.1) is 0 Å². The number of carbonyl (C=O) groups is 1. The van der Waals surface area contributed by atoms with Crippen LogP contribution in [0.3, 0.4) is 0 Å². The Hall–Kier alpha value is -1.75. The molecule has 0 radical (unpaired) electrons. The van der Waals surface area contributed by atoms with Crippen LogP contribution in [0.2, 0.25) is 0 Å². The number of carbonyl (C=O) groups excluding carboxylic acids is 1. The van der Waals surface area contributed by atoms with Crippen LogP contribution in [0.15, 0.2) is 18.2 Å². The van der Waals surface area contributed by atoms with Gasteiger partial charge in [-0.3, -0.25) is 4.79 Å². The Morgan fingerprint density at radius 2 is 2.05 bits per heavy atom. The van der Waals surface area contributed by atoms with Gasteiger partial charge in [-0.05, 0) is 37.0 Å². The second kappa shape index (κ2) is 9.30. The number of methoxy groups -OCH3 is 1. The third-order valence-electron chi connectivity index (χ3n) is 3.49. The number of phenolic OH excluding ortho intramolecular Hbond substituents is 1. The molecule has 5 nitrogen and oxygen atoms in total. The van der Waals surface area contributed by atoms with Gasteiger partial charge in [0.2, 0.25) is 0 Å². The second-order valence-corrected chi connectivity index (χ2v) is 5.45. The molecule has 22 heavy (non-hydrogen) atoms. The highest BCUT2D eigenvalue weighted by atomic mass is 16.5. The largest absolute Gasteiger partial charge is 0.504 e. The average Bonchev–Trinajstić information content (AvgIpc) is 2.46. The first-order chi connectivity index (χ1) is 10.5. The Bertz CT molecular complexity index is 472. The number of ether oxygens (including phenoxy) is 2. The van der Waals surface area contributed by atoms with Gasteiger partial charge < -0.3 is 19.7 Å². The minimum atomic E-state index is -0.532. The fourth-order valence-electron chi connectivity index (χ4n) is 2.41. The molecular weight excluding hydrogens is 284 g/mol. The fourth-order valence-corrected chi connectivity index (χ4v) is 2.41. The number of benzene rings is 1. The maximum Gasteiger partial charge on any atom is 0.302 e. The zero-order valence-electron chi connectivity index (χ0n) is 13.5. The van der Waals surface area contributed by atoms with Crippen LogP contribution < -0.4 is 4.74 Å². The van der Waals surface area contributed by atoms with E-state index >= 15 is 0 Å². The maximum atomic E-state index is 11.1. The zero-order valence-corrected chi connectivity index (χ0v) is 13.5. The highest BCUT2D eigenvalue weighted by Crippen LogP contribution is 2.27. The molecule has 2 N–H and O–H groups in total. The van der Waals surface area contributed by atoms with E-state index in [9.17, 15) is 15.0 Å². The molecule has 0 aliphatic carbocycles. The standard InChI is InChI=1S/C17H26O5/c1-4-5-15(22-12(2)18)11-14(19)8-6-13-7-9-16(20)17(10-13)21-3/h7,9-10,14-15,19-20H,4-6,8,11H2,1-3H3/t14-,15+/m0/s1. The van der Waals surface area contributed by atoms with Crippen LogP contribution >= 0.6 is 0 Å². The van der Waals surface area contributed by atoms with E-state index in [1.54, 1.807) is 18.2 Å². The summed E-state index contributed by atoms with van der Waals surface area (Å²) in [5.74, 6) is 0.217. The van der Waals surface area contributed by atoms with Crippen molar-refractivity contribution in [1.82, 2.24) is 0 Å². The number of rotatable bonds is 9. The van der Waals surface area contributed by atoms with E-state index in [0.717, 1.165) is 18.4 Å². The number of aryl methyl sites for hydroxylation is 1. The van der Waals surface area contributed by atoms with Crippen LogP contribution in [-0.2, 0) is 16.0 Å². The Morgan fingerprint density at radius 1 is 1.32 bits per heavy atom. The van der Waals surface area contributed by atoms with E-state index in [1.807, 2.05) is 6.92 Å². The summed E-state index contributed by atoms with van der Waals surface area (Å²) in [4.78, 5) is 11.1. The van der Waals surface area contributed by atoms with E-state index < -0.39 is 6.10 Å². The molecule has 0 aliphatic rings. The molecule has 0 spiro atoms. The summed E-state index contributed by atoms with van der Waals surface area (Å²) in [6.07, 6.45) is 2.57. The molecule has 1 aromatic carbocycles. The third kappa shape index (κ3) is 6.35. The molecule has 5 heteroatoms. The summed E-state index contributed by atoms with van der Waals surface area (Å²) >= 11 is 0. The maximum absolute atomic E-state index is 11.1. The van der Waals surface area contributed by atoms with E-state index in [4.69, 9.17) is 9.47 Å². The lowest BCUT2D eigenvalue weighted by Gasteiger charge is -2.20. The zero-order chi connectivity index (χ0) is 16.5. The van der Waals surface area contributed by atoms with Crippen molar-refractivity contribution in [2.45, 2.75) is 58.2 Å². The minimum Gasteiger partial charge on any atom is -0.504 e. The van der Waals surface area contributed by atoms with Crippen molar-refractivity contribution in [3.05, 3.63) is 23.8 Å². The van der Waals surface area contributed by atoms with Crippen LogP contribution in [0.25, 0.3) is 0 Å². The molecule has 0 saturated heterocycles. The lowest BCUT2D eigenvalue weighted by molar-refractivity contribution is -0.148. The van der Waals surface area contributed by atoms with Crippen LogP contribution in [0.1, 0.15) is 45.1 Å². The molecule has 0 unspecified atom stereocenters. The first-order valence-electron chi connectivity index (χ1n) is 7.67. The molecule has 0 aromatic heterocycles. The number of aliphatic hydroxyl groups excluding tert-OH is 1. The predicted molar refractivity (Wildman–Crippen MR) is 84.1 cm³/mol. The van der Waals surface area contributed by atoms with Crippen molar-refractivity contribution < 1.29 is 24.5 Å². The SMILES string of the molecule is CCC[C@H](C[C@@H](O)CCc1ccc(O)c(OC)c1)OC(C)=O. The number of hydrogen-bond donors (Lipinski definition) is 2. The highest BCUT2D eigenvalue weighted by molar-refractivity contribution is 5.66.